The van der Waals surface area contributed by atoms with Gasteiger partial charge in [0.05, 0.1) is 4.92 Å². The molecule has 0 radical (unpaired) electrons. The number of nitrogens with zero attached hydrogens (tertiary/aromatic N) is 3. The van der Waals surface area contributed by atoms with Gasteiger partial charge in [-0.3, -0.25) is 14.9 Å². The lowest BCUT2D eigenvalue weighted by Crippen LogP contribution is -2.42. The molecular formula is C13H11N3O3S. The fourth-order valence-corrected chi connectivity index (χ4v) is 2.71. The molecule has 0 N–H and O–H groups in total. The number of amides is 1. The van der Waals surface area contributed by atoms with Crippen LogP contribution in [0, 0.1) is 10.1 Å². The molecule has 7 heteroatoms. The van der Waals surface area contributed by atoms with Gasteiger partial charge in [0.15, 0.2) is 0 Å². The fraction of sp³-hybridized carbons (Fsp3) is 0.231. The smallest absolute Gasteiger partial charge is 0.273 e. The third kappa shape index (κ3) is 2.27. The van der Waals surface area contributed by atoms with E-state index in [1.54, 1.807) is 22.4 Å². The van der Waals surface area contributed by atoms with Crippen LogP contribution in [0.2, 0.25) is 0 Å². The van der Waals surface area contributed by atoms with Gasteiger partial charge in [0.25, 0.3) is 11.6 Å². The highest BCUT2D eigenvalue weighted by molar-refractivity contribution is 7.13. The highest BCUT2D eigenvalue weighted by Crippen LogP contribution is 2.26. The van der Waals surface area contributed by atoms with E-state index in [-0.39, 0.29) is 11.6 Å². The zero-order valence-corrected chi connectivity index (χ0v) is 11.3. The van der Waals surface area contributed by atoms with Gasteiger partial charge in [0.1, 0.15) is 10.7 Å². The lowest BCUT2D eigenvalue weighted by atomic mass is 10.2. The van der Waals surface area contributed by atoms with Crippen LogP contribution in [0.4, 0.5) is 5.69 Å². The number of rotatable bonds is 3. The van der Waals surface area contributed by atoms with Gasteiger partial charge in [-0.2, -0.15) is 0 Å². The Kier molecular flexibility index (Phi) is 3.19. The van der Waals surface area contributed by atoms with E-state index < -0.39 is 4.92 Å². The Balaban J connectivity index is 1.82. The minimum atomic E-state index is -0.440. The molecule has 1 fully saturated rings. The molecule has 1 aliphatic rings. The number of aromatic nitrogens is 1. The van der Waals surface area contributed by atoms with Crippen LogP contribution in [0.15, 0.2) is 29.6 Å². The summed E-state index contributed by atoms with van der Waals surface area (Å²) < 4.78 is 0. The summed E-state index contributed by atoms with van der Waals surface area (Å²) in [5.41, 5.74) is 1.27. The standard InChI is InChI=1S/C13H11N3O3S/c17-13(15-6-1-7-15)11-8-20-12(14-11)9-2-4-10(5-3-9)16(18)19/h2-5,8H,1,6-7H2. The zero-order valence-electron chi connectivity index (χ0n) is 10.5. The van der Waals surface area contributed by atoms with Crippen molar-refractivity contribution in [3.05, 3.63) is 45.5 Å². The van der Waals surface area contributed by atoms with Gasteiger partial charge in [-0.15, -0.1) is 11.3 Å². The van der Waals surface area contributed by atoms with E-state index in [9.17, 15) is 14.9 Å². The number of likely N-dealkylation sites (tertiary alicyclic amines) is 1. The average molecular weight is 289 g/mol. The van der Waals surface area contributed by atoms with E-state index in [4.69, 9.17) is 0 Å². The highest BCUT2D eigenvalue weighted by Gasteiger charge is 2.23. The first kappa shape index (κ1) is 12.7. The molecule has 1 aromatic carbocycles. The Morgan fingerprint density at radius 1 is 1.30 bits per heavy atom. The molecule has 1 aliphatic heterocycles. The minimum absolute atomic E-state index is 0.0411. The first-order chi connectivity index (χ1) is 9.65. The number of hydrogen-bond donors (Lipinski definition) is 0. The first-order valence-corrected chi connectivity index (χ1v) is 7.03. The lowest BCUT2D eigenvalue weighted by Gasteiger charge is -2.30. The number of nitro benzene ring substituents is 1. The second-order valence-electron chi connectivity index (χ2n) is 4.49. The fourth-order valence-electron chi connectivity index (χ4n) is 1.91. The van der Waals surface area contributed by atoms with Crippen molar-refractivity contribution in [2.45, 2.75) is 6.42 Å². The quantitative estimate of drug-likeness (QED) is 0.642. The number of benzene rings is 1. The Bertz CT molecular complexity index is 662. The molecule has 1 saturated heterocycles. The monoisotopic (exact) mass is 289 g/mol. The predicted octanol–water partition coefficient (Wildman–Crippen LogP) is 2.56. The number of nitro groups is 1. The molecule has 0 bridgehead atoms. The van der Waals surface area contributed by atoms with E-state index >= 15 is 0 Å². The highest BCUT2D eigenvalue weighted by atomic mass is 32.1. The van der Waals surface area contributed by atoms with Crippen LogP contribution in [0.3, 0.4) is 0 Å². The summed E-state index contributed by atoms with van der Waals surface area (Å²) in [7, 11) is 0. The lowest BCUT2D eigenvalue weighted by molar-refractivity contribution is -0.384. The van der Waals surface area contributed by atoms with E-state index in [1.165, 1.54) is 23.5 Å². The van der Waals surface area contributed by atoms with Crippen molar-refractivity contribution in [3.63, 3.8) is 0 Å². The summed E-state index contributed by atoms with van der Waals surface area (Å²) in [5, 5.41) is 13.0. The van der Waals surface area contributed by atoms with Crippen molar-refractivity contribution in [2.24, 2.45) is 0 Å². The summed E-state index contributed by atoms with van der Waals surface area (Å²) in [6, 6.07) is 6.17. The van der Waals surface area contributed by atoms with Crippen LogP contribution < -0.4 is 0 Å². The van der Waals surface area contributed by atoms with Crippen molar-refractivity contribution in [1.82, 2.24) is 9.88 Å². The van der Waals surface area contributed by atoms with Gasteiger partial charge < -0.3 is 4.90 Å². The molecule has 0 aliphatic carbocycles. The molecule has 2 heterocycles. The maximum atomic E-state index is 12.0. The predicted molar refractivity (Wildman–Crippen MR) is 74.7 cm³/mol. The van der Waals surface area contributed by atoms with Crippen molar-refractivity contribution >= 4 is 22.9 Å². The molecule has 0 atom stereocenters. The van der Waals surface area contributed by atoms with Crippen LogP contribution in [-0.4, -0.2) is 33.8 Å². The Morgan fingerprint density at radius 3 is 2.55 bits per heavy atom. The Hall–Kier alpha value is -2.28. The second kappa shape index (κ2) is 5.01. The topological polar surface area (TPSA) is 76.3 Å². The molecule has 6 nitrogen and oxygen atoms in total. The van der Waals surface area contributed by atoms with Crippen molar-refractivity contribution in [3.8, 4) is 10.6 Å². The average Bonchev–Trinajstić information content (AvgIpc) is 2.86. The van der Waals surface area contributed by atoms with Crippen molar-refractivity contribution in [2.75, 3.05) is 13.1 Å². The van der Waals surface area contributed by atoms with Gasteiger partial charge in [-0.25, -0.2) is 4.98 Å². The van der Waals surface area contributed by atoms with Gasteiger partial charge in [0, 0.05) is 36.2 Å². The zero-order chi connectivity index (χ0) is 14.1. The number of thiazole rings is 1. The minimum Gasteiger partial charge on any atom is -0.337 e. The molecular weight excluding hydrogens is 278 g/mol. The maximum absolute atomic E-state index is 12.0. The summed E-state index contributed by atoms with van der Waals surface area (Å²) in [5.74, 6) is -0.0411. The van der Waals surface area contributed by atoms with Crippen LogP contribution in [0.1, 0.15) is 16.9 Å². The summed E-state index contributed by atoms with van der Waals surface area (Å²) in [4.78, 5) is 28.2. The van der Waals surface area contributed by atoms with E-state index in [0.29, 0.717) is 10.7 Å². The molecule has 0 saturated carbocycles. The van der Waals surface area contributed by atoms with E-state index in [1.807, 2.05) is 0 Å². The van der Waals surface area contributed by atoms with Gasteiger partial charge in [0.2, 0.25) is 0 Å². The maximum Gasteiger partial charge on any atom is 0.273 e. The van der Waals surface area contributed by atoms with E-state index in [0.717, 1.165) is 25.1 Å². The molecule has 0 unspecified atom stereocenters. The molecule has 0 spiro atoms. The number of carbonyl (C=O) groups is 1. The third-order valence-corrected chi connectivity index (χ3v) is 4.08. The van der Waals surface area contributed by atoms with Crippen LogP contribution in [0.25, 0.3) is 10.6 Å². The molecule has 102 valence electrons. The van der Waals surface area contributed by atoms with Crippen LogP contribution in [0.5, 0.6) is 0 Å². The number of carbonyl (C=O) groups excluding carboxylic acids is 1. The number of non-ortho nitro benzene ring substituents is 1. The summed E-state index contributed by atoms with van der Waals surface area (Å²) in [6.07, 6.45) is 1.05. The normalized spacial score (nSPS) is 13.9. The molecule has 3 rings (SSSR count). The summed E-state index contributed by atoms with van der Waals surface area (Å²) in [6.45, 7) is 1.59. The Labute approximate surface area is 118 Å². The molecule has 20 heavy (non-hydrogen) atoms. The third-order valence-electron chi connectivity index (χ3n) is 3.19. The van der Waals surface area contributed by atoms with E-state index in [2.05, 4.69) is 4.98 Å². The van der Waals surface area contributed by atoms with Crippen LogP contribution in [-0.2, 0) is 0 Å². The van der Waals surface area contributed by atoms with Crippen molar-refractivity contribution in [1.29, 1.82) is 0 Å². The van der Waals surface area contributed by atoms with Crippen molar-refractivity contribution < 1.29 is 9.72 Å². The van der Waals surface area contributed by atoms with Gasteiger partial charge >= 0.3 is 0 Å². The number of hydrogen-bond acceptors (Lipinski definition) is 5. The second-order valence-corrected chi connectivity index (χ2v) is 5.35. The van der Waals surface area contributed by atoms with Gasteiger partial charge in [-0.1, -0.05) is 0 Å². The molecule has 1 aromatic heterocycles. The first-order valence-electron chi connectivity index (χ1n) is 6.15. The van der Waals surface area contributed by atoms with Gasteiger partial charge in [-0.05, 0) is 18.6 Å². The largest absolute Gasteiger partial charge is 0.337 e. The molecule has 1 amide bonds. The molecule has 2 aromatic rings. The summed E-state index contributed by atoms with van der Waals surface area (Å²) >= 11 is 1.37. The Morgan fingerprint density at radius 2 is 2.00 bits per heavy atom. The van der Waals surface area contributed by atoms with Crippen LogP contribution >= 0.6 is 11.3 Å². The SMILES string of the molecule is O=C(c1csc(-c2ccc([N+](=O)[O-])cc2)n1)N1CCC1.